The van der Waals surface area contributed by atoms with E-state index in [-0.39, 0.29) is 50.4 Å². The molecule has 3 N–H and O–H groups in total. The van der Waals surface area contributed by atoms with E-state index in [1.807, 2.05) is 13.0 Å². The molecule has 0 aliphatic carbocycles. The van der Waals surface area contributed by atoms with E-state index in [1.54, 1.807) is 45.0 Å². The third kappa shape index (κ3) is 11.4. The quantitative estimate of drug-likeness (QED) is 0.0396. The minimum absolute atomic E-state index is 0.0284. The highest BCUT2D eigenvalue weighted by Gasteiger charge is 2.57. The maximum atomic E-state index is 14.5. The molecule has 0 saturated carbocycles. The average Bonchev–Trinajstić information content (AvgIpc) is 3.88. The molecule has 3 aromatic rings. The smallest absolute Gasteiger partial charge is 0.278 e. The Labute approximate surface area is 361 Å². The van der Waals surface area contributed by atoms with Crippen molar-refractivity contribution in [2.24, 2.45) is 9.98 Å². The summed E-state index contributed by atoms with van der Waals surface area (Å²) < 4.78 is 85.9. The van der Waals surface area contributed by atoms with Crippen LogP contribution in [0.4, 0.5) is 22.7 Å². The van der Waals surface area contributed by atoms with Crippen LogP contribution in [0.5, 0.6) is 0 Å². The first-order valence-corrected chi connectivity index (χ1v) is 25.9. The molecule has 14 nitrogen and oxygen atoms in total. The maximum absolute atomic E-state index is 14.5. The molecule has 60 heavy (non-hydrogen) atoms. The fourth-order valence-electron chi connectivity index (χ4n) is 7.51. The van der Waals surface area contributed by atoms with Gasteiger partial charge in [-0.15, -0.1) is 0 Å². The highest BCUT2D eigenvalue weighted by molar-refractivity contribution is 7.90. The van der Waals surface area contributed by atoms with Gasteiger partial charge in [-0.2, -0.15) is 4.72 Å². The number of benzene rings is 3. The molecule has 0 bridgehead atoms. The molecule has 1 fully saturated rings. The van der Waals surface area contributed by atoms with E-state index in [4.69, 9.17) is 16.6 Å². The van der Waals surface area contributed by atoms with Crippen molar-refractivity contribution in [3.8, 4) is 0 Å². The van der Waals surface area contributed by atoms with Crippen LogP contribution in [0.2, 0.25) is 5.02 Å². The molecule has 1 amide bonds. The van der Waals surface area contributed by atoms with E-state index in [9.17, 15) is 30.0 Å². The second-order valence-electron chi connectivity index (χ2n) is 15.8. The molecule has 2 aliphatic heterocycles. The summed E-state index contributed by atoms with van der Waals surface area (Å²) in [5.41, 5.74) is 1.53. The zero-order valence-electron chi connectivity index (χ0n) is 35.4. The first-order chi connectivity index (χ1) is 28.3. The lowest BCUT2D eigenvalue weighted by Crippen LogP contribution is -2.49. The Hall–Kier alpha value is -3.71. The third-order valence-electron chi connectivity index (χ3n) is 10.9. The Morgan fingerprint density at radius 1 is 0.933 bits per heavy atom. The minimum Gasteiger partial charge on any atom is -0.319 e. The molecule has 2 aliphatic rings. The lowest BCUT2D eigenvalue weighted by Gasteiger charge is -2.33. The van der Waals surface area contributed by atoms with Crippen LogP contribution in [0.25, 0.3) is 0 Å². The van der Waals surface area contributed by atoms with Crippen LogP contribution in [-0.2, 0) is 34.9 Å². The van der Waals surface area contributed by atoms with Gasteiger partial charge in [0.15, 0.2) is 18.1 Å². The number of halogens is 1. The fourth-order valence-corrected chi connectivity index (χ4v) is 11.3. The summed E-state index contributed by atoms with van der Waals surface area (Å²) in [6.45, 7) is 10.7. The van der Waals surface area contributed by atoms with E-state index < -0.39 is 42.0 Å². The summed E-state index contributed by atoms with van der Waals surface area (Å²) in [5, 5.41) is 2.75. The number of nitrogens with one attached hydrogen (secondary N) is 3. The van der Waals surface area contributed by atoms with Crippen LogP contribution in [-0.4, -0.2) is 85.1 Å². The monoisotopic (exact) mass is 904 g/mol. The number of aliphatic imine (C=N–C) groups is 2. The molecule has 0 spiro atoms. The van der Waals surface area contributed by atoms with E-state index >= 15 is 0 Å². The topological polar surface area (TPSA) is 184 Å². The van der Waals surface area contributed by atoms with Crippen LogP contribution in [0.1, 0.15) is 97.5 Å². The number of rotatable bonds is 22. The second-order valence-corrected chi connectivity index (χ2v) is 21.6. The van der Waals surface area contributed by atoms with Gasteiger partial charge in [-0.05, 0) is 76.1 Å². The van der Waals surface area contributed by atoms with Crippen molar-refractivity contribution >= 4 is 81.9 Å². The van der Waals surface area contributed by atoms with Crippen molar-refractivity contribution < 1.29 is 30.0 Å². The predicted molar refractivity (Wildman–Crippen MR) is 242 cm³/mol. The van der Waals surface area contributed by atoms with Crippen LogP contribution in [0.15, 0.2) is 80.4 Å². The van der Waals surface area contributed by atoms with E-state index in [2.05, 4.69) is 26.7 Å². The summed E-state index contributed by atoms with van der Waals surface area (Å²) in [6.07, 6.45) is 12.0. The molecule has 2 unspecified atom stereocenters. The number of carbonyl (C=O) groups excluding carboxylic acids is 1. The Bertz CT molecular complexity index is 2440. The Morgan fingerprint density at radius 2 is 1.58 bits per heavy atom. The molecule has 3 aromatic carbocycles. The van der Waals surface area contributed by atoms with Crippen molar-refractivity contribution in [1.29, 1.82) is 0 Å². The van der Waals surface area contributed by atoms with E-state index in [1.165, 1.54) is 68.9 Å². The molecule has 5 rings (SSSR count). The number of sulfonamides is 3. The van der Waals surface area contributed by atoms with Gasteiger partial charge in [0, 0.05) is 24.7 Å². The van der Waals surface area contributed by atoms with Crippen molar-refractivity contribution in [2.75, 3.05) is 31.2 Å². The first kappa shape index (κ1) is 47.3. The number of likely N-dealkylation sites (N-methyl/N-ethyl adjacent to an activating group) is 1. The van der Waals surface area contributed by atoms with Crippen LogP contribution in [0.3, 0.4) is 0 Å². The number of carbonyl (C=O) groups is 1. The van der Waals surface area contributed by atoms with Crippen molar-refractivity contribution in [3.05, 3.63) is 71.2 Å². The van der Waals surface area contributed by atoms with Crippen molar-refractivity contribution in [3.63, 3.8) is 0 Å². The molecular formula is C42H59ClN7O7S3+. The number of para-hydroxylation sites is 1. The SMILES string of the molecule is CCCCCCCCCCCCNS(=O)(=O)c1ccc(Cl)c(NC(=O)C(=Nc2ccc([N+]3(CC)CC3NS(C)(=O)=O)cc2C)C2=Nc3ccccc3S(=O)(=O)N2C(C)C)c1. The molecule has 0 aromatic heterocycles. The number of quaternary nitrogens is 1. The number of hydrogen-bond donors (Lipinski definition) is 3. The van der Waals surface area contributed by atoms with E-state index in [0.717, 1.165) is 35.5 Å². The number of unbranched alkanes of at least 4 members (excludes halogenated alkanes) is 9. The van der Waals surface area contributed by atoms with Gasteiger partial charge in [-0.25, -0.2) is 44.3 Å². The summed E-state index contributed by atoms with van der Waals surface area (Å²) in [5.74, 6) is -1.11. The largest absolute Gasteiger partial charge is 0.319 e. The second kappa shape index (κ2) is 20.0. The Morgan fingerprint density at radius 3 is 2.20 bits per heavy atom. The van der Waals surface area contributed by atoms with Gasteiger partial charge in [0.2, 0.25) is 26.2 Å². The van der Waals surface area contributed by atoms with Gasteiger partial charge in [0.25, 0.3) is 15.9 Å². The van der Waals surface area contributed by atoms with Crippen molar-refractivity contribution in [1.82, 2.24) is 18.2 Å². The minimum atomic E-state index is -4.21. The molecule has 1 saturated heterocycles. The van der Waals surface area contributed by atoms with Gasteiger partial charge >= 0.3 is 0 Å². The highest BCUT2D eigenvalue weighted by atomic mass is 35.5. The molecule has 328 valence electrons. The molecular weight excluding hydrogens is 846 g/mol. The number of anilines is 1. The van der Waals surface area contributed by atoms with Gasteiger partial charge in [-0.1, -0.05) is 88.4 Å². The Balaban J connectivity index is 1.44. The van der Waals surface area contributed by atoms with Crippen LogP contribution in [0, 0.1) is 6.92 Å². The van der Waals surface area contributed by atoms with Gasteiger partial charge in [0.1, 0.15) is 10.6 Å². The molecule has 18 heteroatoms. The molecule has 2 heterocycles. The van der Waals surface area contributed by atoms with Gasteiger partial charge < -0.3 is 5.32 Å². The standard InChI is InChI=1S/C42H58ClN7O7S3/c1-7-9-10-11-12-13-14-15-16-19-26-44-59(54,55)33-23-24-34(43)37(28-33)47-42(51)40(41-46-36-20-17-18-21-38(36)60(56,57)49(41)30(3)4)45-35-25-22-32(27-31(35)5)50(8-2)29-39(50)48-58(6,52)53/h17-18,20-25,27-28,30,39,44,48H,7-16,19,26,29H2,1-6H3/p+1. The Kier molecular flexibility index (Phi) is 15.8. The fraction of sp³-hybridized carbons (Fsp3) is 0.500. The number of fused-ring (bicyclic) bond motifs is 1. The predicted octanol–water partition coefficient (Wildman–Crippen LogP) is 7.92. The number of aryl methyl sites for hydroxylation is 1. The molecule has 2 atom stereocenters. The van der Waals surface area contributed by atoms with Gasteiger partial charge in [-0.3, -0.25) is 9.28 Å². The maximum Gasteiger partial charge on any atom is 0.278 e. The number of amides is 1. The average molecular weight is 906 g/mol. The number of hydrogen-bond acceptors (Lipinski definition) is 9. The number of nitrogens with zero attached hydrogens (tertiary/aromatic N) is 4. The number of amidine groups is 1. The van der Waals surface area contributed by atoms with Crippen molar-refractivity contribution in [2.45, 2.75) is 121 Å². The summed E-state index contributed by atoms with van der Waals surface area (Å²) >= 11 is 6.56. The van der Waals surface area contributed by atoms with Crippen LogP contribution >= 0.6 is 11.6 Å². The zero-order chi connectivity index (χ0) is 43.9. The zero-order valence-corrected chi connectivity index (χ0v) is 38.6. The normalized spacial score (nSPS) is 18.9. The van der Waals surface area contributed by atoms with Crippen LogP contribution < -0.4 is 19.2 Å². The molecule has 0 radical (unpaired) electrons. The summed E-state index contributed by atoms with van der Waals surface area (Å²) in [6, 6.07) is 14.9. The third-order valence-corrected chi connectivity index (χ3v) is 15.4. The highest BCUT2D eigenvalue weighted by Crippen LogP contribution is 2.40. The summed E-state index contributed by atoms with van der Waals surface area (Å²) in [4.78, 5) is 23.8. The van der Waals surface area contributed by atoms with E-state index in [0.29, 0.717) is 35.2 Å². The van der Waals surface area contributed by atoms with Gasteiger partial charge in [0.05, 0.1) is 39.8 Å². The summed E-state index contributed by atoms with van der Waals surface area (Å²) in [7, 11) is -11.6. The lowest BCUT2D eigenvalue weighted by atomic mass is 10.1. The first-order valence-electron chi connectivity index (χ1n) is 20.7. The lowest BCUT2D eigenvalue weighted by molar-refractivity contribution is -0.110.